The Morgan fingerprint density at radius 3 is 2.52 bits per heavy atom. The van der Waals surface area contributed by atoms with Gasteiger partial charge in [-0.1, -0.05) is 13.3 Å². The molecule has 0 saturated carbocycles. The summed E-state index contributed by atoms with van der Waals surface area (Å²) >= 11 is 0. The molecule has 0 spiro atoms. The normalized spacial score (nSPS) is 9.70. The minimum Gasteiger partial charge on any atom is -0.451 e. The average Bonchev–Trinajstić information content (AvgIpc) is 3.01. The van der Waals surface area contributed by atoms with E-state index in [9.17, 15) is 9.59 Å². The molecule has 0 fully saturated rings. The summed E-state index contributed by atoms with van der Waals surface area (Å²) in [6.07, 6.45) is 2.01. The van der Waals surface area contributed by atoms with E-state index >= 15 is 0 Å². The maximum absolute atomic E-state index is 12.0. The first-order chi connectivity index (χ1) is 11.1. The molecule has 0 aliphatic rings. The summed E-state index contributed by atoms with van der Waals surface area (Å²) in [4.78, 5) is 25.2. The molecule has 1 aromatic heterocycles. The Hall–Kier alpha value is -2.87. The number of nitrogens with zero attached hydrogens (tertiary/aromatic N) is 4. The van der Waals surface area contributed by atoms with Crippen molar-refractivity contribution in [1.29, 1.82) is 10.5 Å². The first kappa shape index (κ1) is 18.2. The number of carbonyl (C=O) groups is 2. The Balaban J connectivity index is 2.52. The summed E-state index contributed by atoms with van der Waals surface area (Å²) in [6, 6.07) is 5.47. The molecule has 1 N–H and O–H groups in total. The molecule has 0 radical (unpaired) electrons. The second-order valence-electron chi connectivity index (χ2n) is 4.80. The van der Waals surface area contributed by atoms with Gasteiger partial charge in [0.15, 0.2) is 12.3 Å². The van der Waals surface area contributed by atoms with Crippen molar-refractivity contribution in [2.75, 3.05) is 19.7 Å². The zero-order valence-corrected chi connectivity index (χ0v) is 13.0. The van der Waals surface area contributed by atoms with Gasteiger partial charge in [-0.2, -0.15) is 15.6 Å². The van der Waals surface area contributed by atoms with Crippen LogP contribution in [0.3, 0.4) is 0 Å². The predicted octanol–water partition coefficient (Wildman–Crippen LogP) is 1.17. The van der Waals surface area contributed by atoms with Crippen molar-refractivity contribution in [1.82, 2.24) is 15.1 Å². The largest absolute Gasteiger partial charge is 0.451 e. The van der Waals surface area contributed by atoms with E-state index in [-0.39, 0.29) is 31.6 Å². The molecule has 1 aromatic rings. The first-order valence-electron chi connectivity index (χ1n) is 7.35. The second kappa shape index (κ2) is 9.96. The van der Waals surface area contributed by atoms with Gasteiger partial charge < -0.3 is 9.64 Å². The SMILES string of the molecule is CCCc1cc(C(=O)OCC(=O)N(CCC#N)CCC#N)n[nH]1. The van der Waals surface area contributed by atoms with Gasteiger partial charge in [-0.05, 0) is 12.5 Å². The van der Waals surface area contributed by atoms with Gasteiger partial charge in [0.05, 0.1) is 25.0 Å². The van der Waals surface area contributed by atoms with Crippen LogP contribution < -0.4 is 0 Å². The van der Waals surface area contributed by atoms with Crippen LogP contribution in [-0.4, -0.2) is 46.7 Å². The molecule has 122 valence electrons. The summed E-state index contributed by atoms with van der Waals surface area (Å²) in [7, 11) is 0. The molecule has 8 nitrogen and oxygen atoms in total. The summed E-state index contributed by atoms with van der Waals surface area (Å²) in [6.45, 7) is 1.98. The monoisotopic (exact) mass is 317 g/mol. The lowest BCUT2D eigenvalue weighted by atomic mass is 10.2. The van der Waals surface area contributed by atoms with Crippen LogP contribution in [0.1, 0.15) is 42.4 Å². The van der Waals surface area contributed by atoms with E-state index in [1.54, 1.807) is 6.07 Å². The summed E-state index contributed by atoms with van der Waals surface area (Å²) < 4.78 is 4.94. The van der Waals surface area contributed by atoms with Gasteiger partial charge in [-0.25, -0.2) is 4.79 Å². The number of nitriles is 2. The van der Waals surface area contributed by atoms with Gasteiger partial charge in [0.2, 0.25) is 0 Å². The first-order valence-corrected chi connectivity index (χ1v) is 7.35. The number of nitrogens with one attached hydrogen (secondary N) is 1. The molecule has 0 unspecified atom stereocenters. The highest BCUT2D eigenvalue weighted by Crippen LogP contribution is 2.05. The Kier molecular flexibility index (Phi) is 7.87. The standard InChI is InChI=1S/C15H19N5O3/c1-2-5-12-10-13(19-18-12)15(22)23-11-14(21)20(8-3-6-16)9-4-7-17/h10H,2-5,8-9,11H2,1H3,(H,18,19). The van der Waals surface area contributed by atoms with Crippen LogP contribution in [0.15, 0.2) is 6.07 Å². The van der Waals surface area contributed by atoms with Crippen LogP contribution in [0.5, 0.6) is 0 Å². The maximum Gasteiger partial charge on any atom is 0.359 e. The number of carbonyl (C=O) groups excluding carboxylic acids is 2. The third kappa shape index (κ3) is 6.18. The molecular weight excluding hydrogens is 298 g/mol. The van der Waals surface area contributed by atoms with E-state index in [1.165, 1.54) is 4.90 Å². The van der Waals surface area contributed by atoms with Crippen LogP contribution in [0.2, 0.25) is 0 Å². The molecule has 23 heavy (non-hydrogen) atoms. The molecule has 0 aliphatic carbocycles. The number of aromatic nitrogens is 2. The van der Waals surface area contributed by atoms with E-state index in [2.05, 4.69) is 10.2 Å². The smallest absolute Gasteiger partial charge is 0.359 e. The number of aryl methyl sites for hydroxylation is 1. The molecule has 0 aliphatic heterocycles. The number of hydrogen-bond donors (Lipinski definition) is 1. The summed E-state index contributed by atoms with van der Waals surface area (Å²) in [5.74, 6) is -1.12. The molecule has 1 amide bonds. The molecule has 0 atom stereocenters. The van der Waals surface area contributed by atoms with E-state index in [4.69, 9.17) is 15.3 Å². The number of amides is 1. The fourth-order valence-corrected chi connectivity index (χ4v) is 1.89. The fourth-order valence-electron chi connectivity index (χ4n) is 1.89. The Morgan fingerprint density at radius 2 is 1.96 bits per heavy atom. The van der Waals surface area contributed by atoms with Gasteiger partial charge in [-0.3, -0.25) is 9.89 Å². The molecular formula is C15H19N5O3. The lowest BCUT2D eigenvalue weighted by Crippen LogP contribution is -2.36. The van der Waals surface area contributed by atoms with Crippen molar-refractivity contribution in [2.24, 2.45) is 0 Å². The summed E-state index contributed by atoms with van der Waals surface area (Å²) in [5.41, 5.74) is 0.956. The number of H-pyrrole nitrogens is 1. The van der Waals surface area contributed by atoms with Gasteiger partial charge in [0, 0.05) is 18.8 Å². The van der Waals surface area contributed by atoms with Gasteiger partial charge in [0.25, 0.3) is 5.91 Å². The highest BCUT2D eigenvalue weighted by atomic mass is 16.5. The fraction of sp³-hybridized carbons (Fsp3) is 0.533. The van der Waals surface area contributed by atoms with E-state index in [0.717, 1.165) is 18.5 Å². The average molecular weight is 317 g/mol. The van der Waals surface area contributed by atoms with E-state index < -0.39 is 18.5 Å². The Morgan fingerprint density at radius 1 is 1.30 bits per heavy atom. The van der Waals surface area contributed by atoms with Crippen molar-refractivity contribution in [3.05, 3.63) is 17.5 Å². The maximum atomic E-state index is 12.0. The third-order valence-corrected chi connectivity index (χ3v) is 3.03. The highest BCUT2D eigenvalue weighted by molar-refractivity contribution is 5.89. The predicted molar refractivity (Wildman–Crippen MR) is 79.9 cm³/mol. The van der Waals surface area contributed by atoms with Crippen molar-refractivity contribution in [2.45, 2.75) is 32.6 Å². The molecule has 0 bridgehead atoms. The van der Waals surface area contributed by atoms with E-state index in [0.29, 0.717) is 0 Å². The molecule has 0 aromatic carbocycles. The quantitative estimate of drug-likeness (QED) is 0.682. The minimum atomic E-state index is -0.683. The number of esters is 1. The lowest BCUT2D eigenvalue weighted by Gasteiger charge is -2.19. The van der Waals surface area contributed by atoms with Crippen LogP contribution >= 0.6 is 0 Å². The lowest BCUT2D eigenvalue weighted by molar-refractivity contribution is -0.134. The second-order valence-corrected chi connectivity index (χ2v) is 4.80. The molecule has 8 heteroatoms. The van der Waals surface area contributed by atoms with Gasteiger partial charge in [0.1, 0.15) is 0 Å². The van der Waals surface area contributed by atoms with Crippen LogP contribution in [-0.2, 0) is 16.0 Å². The number of ether oxygens (including phenoxy) is 1. The topological polar surface area (TPSA) is 123 Å². The highest BCUT2D eigenvalue weighted by Gasteiger charge is 2.17. The molecule has 1 rings (SSSR count). The number of aromatic amines is 1. The van der Waals surface area contributed by atoms with Crippen LogP contribution in [0, 0.1) is 22.7 Å². The van der Waals surface area contributed by atoms with Gasteiger partial charge >= 0.3 is 5.97 Å². The Bertz CT molecular complexity index is 593. The zero-order valence-electron chi connectivity index (χ0n) is 13.0. The van der Waals surface area contributed by atoms with Crippen LogP contribution in [0.4, 0.5) is 0 Å². The summed E-state index contributed by atoms with van der Waals surface area (Å²) in [5, 5.41) is 23.8. The third-order valence-electron chi connectivity index (χ3n) is 3.03. The molecule has 0 saturated heterocycles. The minimum absolute atomic E-state index is 0.127. The number of rotatable bonds is 9. The zero-order chi connectivity index (χ0) is 17.1. The van der Waals surface area contributed by atoms with Crippen molar-refractivity contribution >= 4 is 11.9 Å². The Labute approximate surface area is 134 Å². The van der Waals surface area contributed by atoms with Crippen LogP contribution in [0.25, 0.3) is 0 Å². The molecule has 1 heterocycles. The van der Waals surface area contributed by atoms with Crippen molar-refractivity contribution in [3.63, 3.8) is 0 Å². The van der Waals surface area contributed by atoms with E-state index in [1.807, 2.05) is 19.1 Å². The number of hydrogen-bond acceptors (Lipinski definition) is 6. The van der Waals surface area contributed by atoms with Crippen molar-refractivity contribution in [3.8, 4) is 12.1 Å². The van der Waals surface area contributed by atoms with Gasteiger partial charge in [-0.15, -0.1) is 0 Å². The van der Waals surface area contributed by atoms with Crippen molar-refractivity contribution < 1.29 is 14.3 Å².